The molecule has 1 atom stereocenters. The van der Waals surface area contributed by atoms with E-state index >= 15 is 0 Å². The molecule has 7 heteroatoms. The maximum Gasteiger partial charge on any atom is 0.251 e. The minimum atomic E-state index is -0.0440. The topological polar surface area (TPSA) is 92.9 Å². The minimum Gasteiger partial charge on any atom is -0.396 e. The Labute approximate surface area is 148 Å². The number of nitrogens with zero attached hydrogens (tertiary/aromatic N) is 4. The van der Waals surface area contributed by atoms with Crippen LogP contribution in [0, 0.1) is 27.7 Å². The van der Waals surface area contributed by atoms with Crippen molar-refractivity contribution in [3.05, 3.63) is 34.4 Å². The number of carbonyl (C=O) groups is 1. The number of amides is 1. The number of carbonyl (C=O) groups excluding carboxylic acids is 1. The highest BCUT2D eigenvalue weighted by Crippen LogP contribution is 2.17. The predicted octanol–water partition coefficient (Wildman–Crippen LogP) is 1.72. The van der Waals surface area contributed by atoms with Gasteiger partial charge in [-0.15, -0.1) is 0 Å². The molecule has 0 saturated heterocycles. The highest BCUT2D eigenvalue weighted by molar-refractivity contribution is 5.79. The number of hydrogen-bond acceptors (Lipinski definition) is 5. The van der Waals surface area contributed by atoms with Gasteiger partial charge in [0.25, 0.3) is 5.95 Å². The highest BCUT2D eigenvalue weighted by atomic mass is 16.3. The van der Waals surface area contributed by atoms with E-state index in [2.05, 4.69) is 20.4 Å². The van der Waals surface area contributed by atoms with E-state index in [1.165, 1.54) is 0 Å². The average Bonchev–Trinajstić information content (AvgIpc) is 2.80. The van der Waals surface area contributed by atoms with Gasteiger partial charge in [0.1, 0.15) is 0 Å². The van der Waals surface area contributed by atoms with Crippen LogP contribution in [0.4, 0.5) is 0 Å². The van der Waals surface area contributed by atoms with E-state index in [-0.39, 0.29) is 25.0 Å². The average molecular weight is 345 g/mol. The van der Waals surface area contributed by atoms with E-state index in [1.54, 1.807) is 4.68 Å². The zero-order valence-corrected chi connectivity index (χ0v) is 15.6. The third-order valence-electron chi connectivity index (χ3n) is 4.14. The summed E-state index contributed by atoms with van der Waals surface area (Å²) in [6, 6.07) is 1.95. The molecular weight excluding hydrogens is 318 g/mol. The van der Waals surface area contributed by atoms with Gasteiger partial charge in [-0.05, 0) is 53.5 Å². The summed E-state index contributed by atoms with van der Waals surface area (Å²) in [5, 5.41) is 16.4. The van der Waals surface area contributed by atoms with Gasteiger partial charge in [-0.2, -0.15) is 5.10 Å². The van der Waals surface area contributed by atoms with Crippen LogP contribution in [0.25, 0.3) is 5.95 Å². The fourth-order valence-corrected chi connectivity index (χ4v) is 2.88. The van der Waals surface area contributed by atoms with Crippen molar-refractivity contribution in [1.29, 1.82) is 0 Å². The summed E-state index contributed by atoms with van der Waals surface area (Å²) in [5.74, 6) is 0.485. The fraction of sp³-hybridized carbons (Fsp3) is 0.556. The second kappa shape index (κ2) is 8.20. The van der Waals surface area contributed by atoms with Crippen molar-refractivity contribution in [1.82, 2.24) is 25.1 Å². The van der Waals surface area contributed by atoms with Crippen LogP contribution < -0.4 is 5.32 Å². The predicted molar refractivity (Wildman–Crippen MR) is 95.7 cm³/mol. The van der Waals surface area contributed by atoms with Crippen LogP contribution in [0.3, 0.4) is 0 Å². The third kappa shape index (κ3) is 4.85. The Hall–Kier alpha value is -2.28. The number of aliphatic hydroxyl groups is 1. The summed E-state index contributed by atoms with van der Waals surface area (Å²) in [4.78, 5) is 21.2. The molecule has 0 aliphatic heterocycles. The Balaban J connectivity index is 2.18. The first-order chi connectivity index (χ1) is 11.8. The van der Waals surface area contributed by atoms with Gasteiger partial charge >= 0.3 is 0 Å². The van der Waals surface area contributed by atoms with Crippen LogP contribution >= 0.6 is 0 Å². The fourth-order valence-electron chi connectivity index (χ4n) is 2.88. The van der Waals surface area contributed by atoms with Gasteiger partial charge in [-0.3, -0.25) is 4.79 Å². The summed E-state index contributed by atoms with van der Waals surface area (Å²) in [6.45, 7) is 9.75. The number of nitrogens with one attached hydrogen (secondary N) is 1. The number of aryl methyl sites for hydroxylation is 3. The molecule has 0 spiro atoms. The summed E-state index contributed by atoms with van der Waals surface area (Å²) in [6.07, 6.45) is 1.71. The monoisotopic (exact) mass is 345 g/mol. The summed E-state index contributed by atoms with van der Waals surface area (Å²) in [7, 11) is 0. The number of hydrogen-bond donors (Lipinski definition) is 2. The van der Waals surface area contributed by atoms with E-state index in [9.17, 15) is 4.79 Å². The molecule has 0 fully saturated rings. The van der Waals surface area contributed by atoms with Crippen molar-refractivity contribution >= 4 is 5.91 Å². The molecular formula is C18H27N5O2. The van der Waals surface area contributed by atoms with Crippen LogP contribution in [0.2, 0.25) is 0 Å². The lowest BCUT2D eigenvalue weighted by Gasteiger charge is -2.13. The normalized spacial score (nSPS) is 12.2. The van der Waals surface area contributed by atoms with Crippen molar-refractivity contribution in [2.75, 3.05) is 6.61 Å². The Bertz CT molecular complexity index is 734. The largest absolute Gasteiger partial charge is 0.396 e. The SMILES string of the molecule is Cc1cc(C)nc(-n2nc(C)c(CC(=O)NC(C)CCCO)c2C)n1. The summed E-state index contributed by atoms with van der Waals surface area (Å²) >= 11 is 0. The lowest BCUT2D eigenvalue weighted by atomic mass is 10.1. The molecule has 0 bridgehead atoms. The molecule has 2 rings (SSSR count). The lowest BCUT2D eigenvalue weighted by Crippen LogP contribution is -2.34. The first kappa shape index (κ1) is 19.1. The second-order valence-electron chi connectivity index (χ2n) is 6.52. The molecule has 0 aliphatic carbocycles. The maximum atomic E-state index is 12.3. The summed E-state index contributed by atoms with van der Waals surface area (Å²) in [5.41, 5.74) is 4.34. The molecule has 2 heterocycles. The van der Waals surface area contributed by atoms with Crippen molar-refractivity contribution in [3.63, 3.8) is 0 Å². The maximum absolute atomic E-state index is 12.3. The van der Waals surface area contributed by atoms with Gasteiger partial charge in [-0.1, -0.05) is 0 Å². The Kier molecular flexibility index (Phi) is 6.25. The first-order valence-corrected chi connectivity index (χ1v) is 8.59. The quantitative estimate of drug-likeness (QED) is 0.797. The number of aliphatic hydroxyl groups excluding tert-OH is 1. The molecule has 1 unspecified atom stereocenters. The van der Waals surface area contributed by atoms with Crippen molar-refractivity contribution in [2.24, 2.45) is 0 Å². The molecule has 2 N–H and O–H groups in total. The molecule has 136 valence electrons. The Morgan fingerprint density at radius 3 is 2.48 bits per heavy atom. The van der Waals surface area contributed by atoms with Gasteiger partial charge in [0.05, 0.1) is 12.1 Å². The van der Waals surface area contributed by atoms with Crippen molar-refractivity contribution in [2.45, 2.75) is 59.9 Å². The third-order valence-corrected chi connectivity index (χ3v) is 4.14. The van der Waals surface area contributed by atoms with Gasteiger partial charge in [-0.25, -0.2) is 14.6 Å². The number of aromatic nitrogens is 4. The van der Waals surface area contributed by atoms with Crippen LogP contribution in [-0.2, 0) is 11.2 Å². The molecule has 2 aromatic rings. The standard InChI is InChI=1S/C18H27N5O2/c1-11(7-6-8-24)19-17(25)10-16-14(4)22-23(15(16)5)18-20-12(2)9-13(3)21-18/h9,11,24H,6-8,10H2,1-5H3,(H,19,25). The van der Waals surface area contributed by atoms with Gasteiger partial charge < -0.3 is 10.4 Å². The minimum absolute atomic E-state index is 0.0399. The van der Waals surface area contributed by atoms with Crippen LogP contribution in [-0.4, -0.2) is 43.4 Å². The first-order valence-electron chi connectivity index (χ1n) is 8.59. The molecule has 2 aromatic heterocycles. The van der Waals surface area contributed by atoms with E-state index < -0.39 is 0 Å². The van der Waals surface area contributed by atoms with Gasteiger partial charge in [0.15, 0.2) is 0 Å². The van der Waals surface area contributed by atoms with Gasteiger partial charge in [0, 0.05) is 35.3 Å². The van der Waals surface area contributed by atoms with Crippen molar-refractivity contribution < 1.29 is 9.90 Å². The molecule has 0 aliphatic rings. The van der Waals surface area contributed by atoms with Crippen LogP contribution in [0.1, 0.15) is 48.1 Å². The molecule has 1 amide bonds. The zero-order valence-electron chi connectivity index (χ0n) is 15.6. The van der Waals surface area contributed by atoms with E-state index in [0.717, 1.165) is 34.8 Å². The van der Waals surface area contributed by atoms with E-state index in [0.29, 0.717) is 12.4 Å². The van der Waals surface area contributed by atoms with E-state index in [1.807, 2.05) is 40.7 Å². The molecule has 25 heavy (non-hydrogen) atoms. The molecule has 0 saturated carbocycles. The second-order valence-corrected chi connectivity index (χ2v) is 6.52. The zero-order chi connectivity index (χ0) is 18.6. The van der Waals surface area contributed by atoms with Crippen LogP contribution in [0.15, 0.2) is 6.07 Å². The Morgan fingerprint density at radius 1 is 1.24 bits per heavy atom. The van der Waals surface area contributed by atoms with Crippen molar-refractivity contribution in [3.8, 4) is 5.95 Å². The Morgan fingerprint density at radius 2 is 1.88 bits per heavy atom. The lowest BCUT2D eigenvalue weighted by molar-refractivity contribution is -0.121. The van der Waals surface area contributed by atoms with Gasteiger partial charge in [0.2, 0.25) is 5.91 Å². The molecule has 7 nitrogen and oxygen atoms in total. The highest BCUT2D eigenvalue weighted by Gasteiger charge is 2.18. The van der Waals surface area contributed by atoms with E-state index in [4.69, 9.17) is 5.11 Å². The van der Waals surface area contributed by atoms with Crippen LogP contribution in [0.5, 0.6) is 0 Å². The smallest absolute Gasteiger partial charge is 0.251 e. The molecule has 0 radical (unpaired) electrons. The molecule has 0 aromatic carbocycles. The summed E-state index contributed by atoms with van der Waals surface area (Å²) < 4.78 is 1.70. The number of rotatable bonds is 7.